The smallest absolute Gasteiger partial charge is 0.293 e. The number of sulfonamides is 1. The number of amides is 1. The molecular weight excluding hydrogens is 760 g/mol. The Morgan fingerprint density at radius 1 is 1.02 bits per heavy atom. The van der Waals surface area contributed by atoms with Crippen LogP contribution in [0.15, 0.2) is 60.7 Å². The van der Waals surface area contributed by atoms with Gasteiger partial charge in [0.2, 0.25) is 15.9 Å². The molecule has 1 saturated carbocycles. The maximum atomic E-state index is 15.3. The molecule has 1 amide bonds. The second-order valence-electron chi connectivity index (χ2n) is 13.6. The van der Waals surface area contributed by atoms with Crippen molar-refractivity contribution in [1.29, 1.82) is 0 Å². The first kappa shape index (κ1) is 35.8. The highest BCUT2D eigenvalue weighted by Gasteiger charge is 2.67. The van der Waals surface area contributed by atoms with E-state index in [2.05, 4.69) is 20.2 Å². The minimum atomic E-state index is -3.80. The third-order valence-corrected chi connectivity index (χ3v) is 10.6. The fraction of sp³-hybridized carbons (Fsp3) is 0.278. The van der Waals surface area contributed by atoms with Crippen molar-refractivity contribution in [3.63, 3.8) is 0 Å². The van der Waals surface area contributed by atoms with Gasteiger partial charge in [-0.1, -0.05) is 35.9 Å². The van der Waals surface area contributed by atoms with Crippen LogP contribution in [-0.4, -0.2) is 45.1 Å². The lowest BCUT2D eigenvalue weighted by molar-refractivity contribution is -0.123. The van der Waals surface area contributed by atoms with Crippen LogP contribution in [0.4, 0.5) is 32.2 Å². The second kappa shape index (κ2) is 12.7. The number of halogens is 7. The van der Waals surface area contributed by atoms with Gasteiger partial charge in [-0.2, -0.15) is 19.0 Å². The van der Waals surface area contributed by atoms with Gasteiger partial charge >= 0.3 is 0 Å². The van der Waals surface area contributed by atoms with E-state index in [4.69, 9.17) is 16.6 Å². The molecule has 0 radical (unpaired) electrons. The van der Waals surface area contributed by atoms with E-state index >= 15 is 8.78 Å². The molecule has 2 aliphatic carbocycles. The summed E-state index contributed by atoms with van der Waals surface area (Å²) in [5.41, 5.74) is 0.146. The van der Waals surface area contributed by atoms with Crippen molar-refractivity contribution in [3.8, 4) is 11.1 Å². The van der Waals surface area contributed by atoms with Crippen LogP contribution in [0.5, 0.6) is 0 Å². The highest BCUT2D eigenvalue weighted by molar-refractivity contribution is 7.92. The van der Waals surface area contributed by atoms with Crippen LogP contribution in [0, 0.1) is 17.6 Å². The van der Waals surface area contributed by atoms with Gasteiger partial charge in [0.1, 0.15) is 29.6 Å². The molecule has 3 aromatic carbocycles. The molecule has 0 bridgehead atoms. The molecule has 6 aromatic rings. The van der Waals surface area contributed by atoms with Crippen LogP contribution in [0.2, 0.25) is 5.02 Å². The monoisotopic (exact) mass is 787 g/mol. The summed E-state index contributed by atoms with van der Waals surface area (Å²) >= 11 is 6.60. The Kier molecular flexibility index (Phi) is 8.44. The Morgan fingerprint density at radius 2 is 1.74 bits per heavy atom. The quantitative estimate of drug-likeness (QED) is 0.138. The molecule has 18 heteroatoms. The van der Waals surface area contributed by atoms with Crippen molar-refractivity contribution in [2.45, 2.75) is 43.7 Å². The normalized spacial score (nSPS) is 17.9. The number of carbonyl (C=O) groups excluding carboxylic acids is 1. The Labute approximate surface area is 308 Å². The van der Waals surface area contributed by atoms with E-state index in [0.29, 0.717) is 38.3 Å². The van der Waals surface area contributed by atoms with Gasteiger partial charge in [0.05, 0.1) is 39.4 Å². The largest absolute Gasteiger partial charge is 0.346 e. The predicted molar refractivity (Wildman–Crippen MR) is 188 cm³/mol. The summed E-state index contributed by atoms with van der Waals surface area (Å²) in [6.07, 6.45) is -2.41. The molecule has 1 fully saturated rings. The van der Waals surface area contributed by atoms with E-state index < -0.39 is 75.7 Å². The van der Waals surface area contributed by atoms with Gasteiger partial charge in [-0.15, -0.1) is 0 Å². The maximum absolute atomic E-state index is 15.3. The fourth-order valence-corrected chi connectivity index (χ4v) is 8.32. The molecule has 0 spiro atoms. The number of aromatic nitrogens is 5. The number of nitrogens with one attached hydrogen (secondary N) is 2. The van der Waals surface area contributed by atoms with E-state index in [1.807, 2.05) is 0 Å². The first-order valence-electron chi connectivity index (χ1n) is 16.5. The van der Waals surface area contributed by atoms with E-state index in [9.17, 15) is 30.8 Å². The van der Waals surface area contributed by atoms with E-state index in [0.717, 1.165) is 18.4 Å². The third kappa shape index (κ3) is 6.22. The van der Waals surface area contributed by atoms with E-state index in [1.54, 1.807) is 43.4 Å². The molecular formula is C36H28ClF6N7O3S. The summed E-state index contributed by atoms with van der Waals surface area (Å²) in [4.78, 5) is 18.8. The molecule has 54 heavy (non-hydrogen) atoms. The van der Waals surface area contributed by atoms with Crippen molar-refractivity contribution < 1.29 is 39.6 Å². The maximum Gasteiger partial charge on any atom is 0.293 e. The summed E-state index contributed by atoms with van der Waals surface area (Å²) in [5.74, 6) is -8.15. The van der Waals surface area contributed by atoms with Crippen LogP contribution < -0.4 is 10.0 Å². The minimum absolute atomic E-state index is 0.0424. The molecule has 3 atom stereocenters. The average molecular weight is 788 g/mol. The zero-order valence-corrected chi connectivity index (χ0v) is 29.8. The number of alkyl halides is 4. The lowest BCUT2D eigenvalue weighted by Crippen LogP contribution is -2.35. The minimum Gasteiger partial charge on any atom is -0.346 e. The Balaban J connectivity index is 1.28. The molecule has 8 rings (SSSR count). The fourth-order valence-electron chi connectivity index (χ4n) is 7.59. The van der Waals surface area contributed by atoms with Crippen molar-refractivity contribution in [2.24, 2.45) is 13.0 Å². The molecule has 2 aliphatic rings. The number of hydrogen-bond acceptors (Lipinski definition) is 6. The highest BCUT2D eigenvalue weighted by Crippen LogP contribution is 2.68. The van der Waals surface area contributed by atoms with Gasteiger partial charge in [0, 0.05) is 41.1 Å². The summed E-state index contributed by atoms with van der Waals surface area (Å²) in [5, 5.41) is 11.9. The lowest BCUT2D eigenvalue weighted by atomic mass is 9.93. The van der Waals surface area contributed by atoms with Gasteiger partial charge in [0.25, 0.3) is 12.3 Å². The van der Waals surface area contributed by atoms with Crippen LogP contribution in [0.3, 0.4) is 0 Å². The molecule has 0 saturated heterocycles. The third-order valence-electron chi connectivity index (χ3n) is 9.75. The van der Waals surface area contributed by atoms with Crippen LogP contribution in [-0.2, 0) is 40.8 Å². The van der Waals surface area contributed by atoms with Crippen molar-refractivity contribution in [2.75, 3.05) is 11.0 Å². The van der Waals surface area contributed by atoms with Crippen LogP contribution >= 0.6 is 11.6 Å². The molecule has 2 N–H and O–H groups in total. The summed E-state index contributed by atoms with van der Waals surface area (Å²) in [6.45, 7) is -0.867. The molecule has 0 aliphatic heterocycles. The first-order chi connectivity index (χ1) is 25.5. The topological polar surface area (TPSA) is 124 Å². The molecule has 3 heterocycles. The average Bonchev–Trinajstić information content (AvgIpc) is 3.62. The summed E-state index contributed by atoms with van der Waals surface area (Å²) in [7, 11) is -2.23. The van der Waals surface area contributed by atoms with Gasteiger partial charge in [-0.25, -0.2) is 31.0 Å². The number of para-hydroxylation sites is 1. The van der Waals surface area contributed by atoms with Crippen molar-refractivity contribution in [3.05, 3.63) is 106 Å². The van der Waals surface area contributed by atoms with Gasteiger partial charge in [0.15, 0.2) is 5.82 Å². The zero-order chi connectivity index (χ0) is 38.4. The number of carbonyl (C=O) groups is 1. The Hall–Kier alpha value is -5.16. The van der Waals surface area contributed by atoms with Gasteiger partial charge in [-0.3, -0.25) is 18.9 Å². The van der Waals surface area contributed by atoms with Gasteiger partial charge < -0.3 is 5.32 Å². The SMILES string of the molecule is Cn1nc(NS(C)(=O)=O)c2c(Cl)ccc(-c3cc4ccccc4nc3[C@@H](Cc3cc(F)cc(F)c3)NC(=O)Cn3nc(C(F)F)c4c3C(F)(F)[C@@H]3C[C@H]43)c21. The van der Waals surface area contributed by atoms with Gasteiger partial charge in [-0.05, 0) is 54.7 Å². The van der Waals surface area contributed by atoms with E-state index in [-0.39, 0.29) is 45.9 Å². The molecule has 3 aromatic heterocycles. The number of hydrogen-bond donors (Lipinski definition) is 2. The number of benzene rings is 3. The Bertz CT molecular complexity index is 2630. The lowest BCUT2D eigenvalue weighted by Gasteiger charge is -2.23. The summed E-state index contributed by atoms with van der Waals surface area (Å²) in [6, 6.07) is 13.5. The molecule has 280 valence electrons. The van der Waals surface area contributed by atoms with Crippen molar-refractivity contribution >= 4 is 55.2 Å². The Morgan fingerprint density at radius 3 is 2.44 bits per heavy atom. The molecule has 0 unspecified atom stereocenters. The number of pyridine rings is 1. The van der Waals surface area contributed by atoms with E-state index in [1.165, 1.54) is 10.7 Å². The molecule has 10 nitrogen and oxygen atoms in total. The zero-order valence-electron chi connectivity index (χ0n) is 28.2. The number of fused-ring (bicyclic) bond motifs is 5. The number of aryl methyl sites for hydroxylation is 1. The first-order valence-corrected chi connectivity index (χ1v) is 18.8. The predicted octanol–water partition coefficient (Wildman–Crippen LogP) is 7.53. The number of rotatable bonds is 10. The second-order valence-corrected chi connectivity index (χ2v) is 15.7. The summed E-state index contributed by atoms with van der Waals surface area (Å²) < 4.78 is 117. The number of anilines is 1. The highest BCUT2D eigenvalue weighted by atomic mass is 35.5. The standard InChI is InChI=1S/C36H28ClF6N7O3S/c1-49-32-20(7-8-24(37)29(32)35(47-49)48-54(2,52)53)21-12-17-5-3-4-6-25(17)45-30(21)26(11-16-9-18(38)13-19(39)10-16)44-27(51)15-50-33-28(31(46-50)34(40)41)22-14-23(22)36(33,42)43/h3-10,12-13,22-23,26,34H,11,14-15H2,1-2H3,(H,44,51)(H,47,48)/t22-,23+,26+/m0/s1. The number of nitrogens with zero attached hydrogens (tertiary/aromatic N) is 5. The van der Waals surface area contributed by atoms with Crippen molar-refractivity contribution in [1.82, 2.24) is 29.9 Å². The van der Waals surface area contributed by atoms with Crippen LogP contribution in [0.1, 0.15) is 53.0 Å². The van der Waals surface area contributed by atoms with Crippen LogP contribution in [0.25, 0.3) is 32.9 Å².